The average molecular weight is 234 g/mol. The van der Waals surface area contributed by atoms with Gasteiger partial charge in [-0.05, 0) is 18.8 Å². The molecule has 0 bridgehead atoms. The predicted molar refractivity (Wildman–Crippen MR) is 59.6 cm³/mol. The zero-order chi connectivity index (χ0) is 10.7. The standard InChI is InChI=1S/C10H16F2N2S/c11-9(12)5-13-10-14-8-4-2-1-3-7(8)6-15-10/h7-9H,1-6H2,(H,13,14). The van der Waals surface area contributed by atoms with Crippen LogP contribution in [0.25, 0.3) is 0 Å². The third-order valence-corrected chi connectivity index (χ3v) is 4.14. The molecular formula is C10H16F2N2S. The molecule has 0 aromatic heterocycles. The molecule has 1 heterocycles. The van der Waals surface area contributed by atoms with Gasteiger partial charge in [0.05, 0.1) is 0 Å². The molecule has 2 unspecified atom stereocenters. The number of thioether (sulfide) groups is 1. The van der Waals surface area contributed by atoms with Gasteiger partial charge < -0.3 is 5.32 Å². The maximum absolute atomic E-state index is 12.0. The second kappa shape index (κ2) is 5.14. The summed E-state index contributed by atoms with van der Waals surface area (Å²) in [6, 6.07) is 0.483. The van der Waals surface area contributed by atoms with Gasteiger partial charge in [0.15, 0.2) is 5.17 Å². The molecule has 1 saturated carbocycles. The molecule has 2 aliphatic rings. The summed E-state index contributed by atoms with van der Waals surface area (Å²) < 4.78 is 24.0. The van der Waals surface area contributed by atoms with Gasteiger partial charge in [0, 0.05) is 11.8 Å². The fourth-order valence-corrected chi connectivity index (χ4v) is 3.40. The summed E-state index contributed by atoms with van der Waals surface area (Å²) in [5, 5.41) is 4.01. The molecule has 1 N–H and O–H groups in total. The second-order valence-corrected chi connectivity index (χ2v) is 5.15. The summed E-state index contributed by atoms with van der Waals surface area (Å²) in [5.74, 6) is 1.76. The summed E-state index contributed by atoms with van der Waals surface area (Å²) in [4.78, 5) is 3.89. The number of halogens is 2. The minimum atomic E-state index is -2.33. The van der Waals surface area contributed by atoms with E-state index in [1.54, 1.807) is 11.8 Å². The Kier molecular flexibility index (Phi) is 3.83. The molecule has 86 valence electrons. The van der Waals surface area contributed by atoms with E-state index in [0.717, 1.165) is 10.9 Å². The van der Waals surface area contributed by atoms with Crippen molar-refractivity contribution in [1.82, 2.24) is 5.32 Å². The first-order valence-corrected chi connectivity index (χ1v) is 6.46. The monoisotopic (exact) mass is 234 g/mol. The lowest BCUT2D eigenvalue weighted by Gasteiger charge is -2.36. The Hall–Kier alpha value is -0.320. The van der Waals surface area contributed by atoms with Crippen molar-refractivity contribution in [3.05, 3.63) is 0 Å². The molecule has 0 aromatic carbocycles. The van der Waals surface area contributed by atoms with Crippen molar-refractivity contribution in [1.29, 1.82) is 0 Å². The van der Waals surface area contributed by atoms with Crippen molar-refractivity contribution in [2.24, 2.45) is 10.9 Å². The van der Waals surface area contributed by atoms with E-state index in [0.29, 0.717) is 12.0 Å². The van der Waals surface area contributed by atoms with Crippen LogP contribution in [0.15, 0.2) is 4.99 Å². The molecule has 0 amide bonds. The van der Waals surface area contributed by atoms with E-state index in [1.165, 1.54) is 25.7 Å². The molecule has 1 saturated heterocycles. The van der Waals surface area contributed by atoms with Gasteiger partial charge in [0.1, 0.15) is 6.54 Å². The minimum absolute atomic E-state index is 0.368. The van der Waals surface area contributed by atoms with Crippen LogP contribution in [0.4, 0.5) is 8.78 Å². The van der Waals surface area contributed by atoms with E-state index in [1.807, 2.05) is 0 Å². The fourth-order valence-electron chi connectivity index (χ4n) is 2.23. The summed E-state index contributed by atoms with van der Waals surface area (Å²) in [6.07, 6.45) is 2.67. The van der Waals surface area contributed by atoms with Crippen LogP contribution in [0.1, 0.15) is 25.7 Å². The maximum Gasteiger partial charge on any atom is 0.257 e. The molecular weight excluding hydrogens is 218 g/mol. The highest BCUT2D eigenvalue weighted by atomic mass is 32.2. The largest absolute Gasteiger partial charge is 0.362 e. The highest BCUT2D eigenvalue weighted by molar-refractivity contribution is 8.13. The molecule has 0 aromatic rings. The molecule has 1 aliphatic heterocycles. The Bertz CT molecular complexity index is 246. The lowest BCUT2D eigenvalue weighted by atomic mass is 9.86. The lowest BCUT2D eigenvalue weighted by Crippen LogP contribution is -2.46. The van der Waals surface area contributed by atoms with Crippen LogP contribution >= 0.6 is 11.8 Å². The van der Waals surface area contributed by atoms with Gasteiger partial charge in [-0.15, -0.1) is 0 Å². The van der Waals surface area contributed by atoms with Gasteiger partial charge in [-0.2, -0.15) is 0 Å². The van der Waals surface area contributed by atoms with Crippen molar-refractivity contribution in [3.63, 3.8) is 0 Å². The number of fused-ring (bicyclic) bond motifs is 1. The maximum atomic E-state index is 12.0. The molecule has 15 heavy (non-hydrogen) atoms. The number of nitrogens with one attached hydrogen (secondary N) is 1. The number of hydrogen-bond acceptors (Lipinski definition) is 2. The van der Waals surface area contributed by atoms with Crippen LogP contribution in [-0.2, 0) is 0 Å². The molecule has 2 atom stereocenters. The van der Waals surface area contributed by atoms with E-state index in [9.17, 15) is 8.78 Å². The van der Waals surface area contributed by atoms with Gasteiger partial charge >= 0.3 is 0 Å². The van der Waals surface area contributed by atoms with E-state index in [-0.39, 0.29) is 6.54 Å². The van der Waals surface area contributed by atoms with Gasteiger partial charge in [0.25, 0.3) is 6.43 Å². The molecule has 2 rings (SSSR count). The lowest BCUT2D eigenvalue weighted by molar-refractivity contribution is 0.158. The zero-order valence-electron chi connectivity index (χ0n) is 8.59. The van der Waals surface area contributed by atoms with Crippen LogP contribution in [0.2, 0.25) is 0 Å². The first-order valence-electron chi connectivity index (χ1n) is 5.47. The number of aliphatic imine (C=N–C) groups is 1. The molecule has 2 nitrogen and oxygen atoms in total. The third-order valence-electron chi connectivity index (χ3n) is 3.02. The first-order chi connectivity index (χ1) is 7.25. The highest BCUT2D eigenvalue weighted by Gasteiger charge is 2.30. The van der Waals surface area contributed by atoms with Gasteiger partial charge in [-0.25, -0.2) is 8.78 Å². The number of alkyl halides is 2. The topological polar surface area (TPSA) is 24.4 Å². The van der Waals surface area contributed by atoms with Gasteiger partial charge in [0.2, 0.25) is 0 Å². The Labute approximate surface area is 92.9 Å². The zero-order valence-corrected chi connectivity index (χ0v) is 9.40. The summed E-state index contributed by atoms with van der Waals surface area (Å²) in [7, 11) is 0. The molecule has 0 spiro atoms. The first kappa shape index (κ1) is 11.2. The van der Waals surface area contributed by atoms with Gasteiger partial charge in [-0.1, -0.05) is 24.6 Å². The van der Waals surface area contributed by atoms with Crippen LogP contribution in [0.3, 0.4) is 0 Å². The van der Waals surface area contributed by atoms with Crippen molar-refractivity contribution in [2.75, 3.05) is 12.3 Å². The van der Waals surface area contributed by atoms with E-state index < -0.39 is 6.43 Å². The Balaban J connectivity index is 1.87. The molecule has 0 radical (unpaired) electrons. The normalized spacial score (nSPS) is 33.9. The van der Waals surface area contributed by atoms with Crippen molar-refractivity contribution < 1.29 is 8.78 Å². The van der Waals surface area contributed by atoms with Crippen LogP contribution in [0, 0.1) is 5.92 Å². The number of amidine groups is 1. The summed E-state index contributed by atoms with van der Waals surface area (Å²) in [5.41, 5.74) is 0. The molecule has 1 aliphatic carbocycles. The van der Waals surface area contributed by atoms with Crippen molar-refractivity contribution in [3.8, 4) is 0 Å². The summed E-state index contributed by atoms with van der Waals surface area (Å²) >= 11 is 1.60. The summed E-state index contributed by atoms with van der Waals surface area (Å²) in [6.45, 7) is -0.368. The number of nitrogens with zero attached hydrogens (tertiary/aromatic N) is 1. The van der Waals surface area contributed by atoms with Gasteiger partial charge in [-0.3, -0.25) is 4.99 Å². The number of rotatable bonds is 2. The SMILES string of the molecule is FC(F)CN=C1NC2CCCCC2CS1. The second-order valence-electron chi connectivity index (χ2n) is 4.14. The van der Waals surface area contributed by atoms with E-state index in [4.69, 9.17) is 0 Å². The van der Waals surface area contributed by atoms with E-state index in [2.05, 4.69) is 10.3 Å². The molecule has 5 heteroatoms. The van der Waals surface area contributed by atoms with E-state index >= 15 is 0 Å². The average Bonchev–Trinajstić information content (AvgIpc) is 2.26. The number of hydrogen-bond donors (Lipinski definition) is 1. The molecule has 2 fully saturated rings. The predicted octanol–water partition coefficient (Wildman–Crippen LogP) is 2.50. The Morgan fingerprint density at radius 3 is 3.00 bits per heavy atom. The minimum Gasteiger partial charge on any atom is -0.362 e. The van der Waals surface area contributed by atoms with Crippen molar-refractivity contribution >= 4 is 16.9 Å². The third kappa shape index (κ3) is 3.06. The van der Waals surface area contributed by atoms with Crippen molar-refractivity contribution in [2.45, 2.75) is 38.2 Å². The Morgan fingerprint density at radius 2 is 2.20 bits per heavy atom. The highest BCUT2D eigenvalue weighted by Crippen LogP contribution is 2.31. The Morgan fingerprint density at radius 1 is 1.40 bits per heavy atom. The smallest absolute Gasteiger partial charge is 0.257 e. The van der Waals surface area contributed by atoms with Crippen LogP contribution < -0.4 is 5.32 Å². The van der Waals surface area contributed by atoms with Crippen LogP contribution in [0.5, 0.6) is 0 Å². The van der Waals surface area contributed by atoms with Crippen LogP contribution in [-0.4, -0.2) is 29.9 Å². The quantitative estimate of drug-likeness (QED) is 0.794. The fraction of sp³-hybridized carbons (Fsp3) is 0.900.